The molecule has 4 heteroatoms. The summed E-state index contributed by atoms with van der Waals surface area (Å²) in [6.45, 7) is 25.3. The van der Waals surface area contributed by atoms with E-state index in [2.05, 4.69) is 83.3 Å². The highest BCUT2D eigenvalue weighted by atomic mass is 16.1. The fourth-order valence-electron chi connectivity index (χ4n) is 4.84. The second-order valence-corrected chi connectivity index (χ2v) is 10.6. The molecule has 0 aromatic heterocycles. The number of carbonyl (C=O) groups is 1. The van der Waals surface area contributed by atoms with Gasteiger partial charge in [-0.25, -0.2) is 0 Å². The van der Waals surface area contributed by atoms with Crippen LogP contribution in [0.25, 0.3) is 0 Å². The van der Waals surface area contributed by atoms with Gasteiger partial charge < -0.3 is 16.1 Å². The van der Waals surface area contributed by atoms with Crippen LogP contribution in [0.15, 0.2) is 36.4 Å². The average Bonchev–Trinajstić information content (AvgIpc) is 2.98. The maximum absolute atomic E-state index is 12.0. The largest absolute Gasteiger partial charge is 0.313 e. The van der Waals surface area contributed by atoms with Gasteiger partial charge in [-0.2, -0.15) is 0 Å². The van der Waals surface area contributed by atoms with Crippen molar-refractivity contribution in [2.45, 2.75) is 140 Å². The van der Waals surface area contributed by atoms with Crippen LogP contribution in [-0.2, 0) is 12.8 Å². The highest BCUT2D eigenvalue weighted by molar-refractivity contribution is 5.96. The first-order chi connectivity index (χ1) is 20.1. The minimum Gasteiger partial charge on any atom is -0.313 e. The van der Waals surface area contributed by atoms with E-state index < -0.39 is 0 Å². The van der Waals surface area contributed by atoms with Crippen LogP contribution in [0.5, 0.6) is 0 Å². The van der Waals surface area contributed by atoms with Crippen molar-refractivity contribution in [2.75, 3.05) is 6.54 Å². The first-order valence-corrected chi connectivity index (χ1v) is 16.6. The van der Waals surface area contributed by atoms with Crippen molar-refractivity contribution in [3.63, 3.8) is 0 Å². The van der Waals surface area contributed by atoms with Gasteiger partial charge in [0.2, 0.25) is 0 Å². The lowest BCUT2D eigenvalue weighted by molar-refractivity contribution is 0.101. The molecule has 0 bridgehead atoms. The Morgan fingerprint density at radius 1 is 1.00 bits per heavy atom. The van der Waals surface area contributed by atoms with Crippen molar-refractivity contribution in [1.29, 1.82) is 10.8 Å². The highest BCUT2D eigenvalue weighted by Crippen LogP contribution is 2.28. The van der Waals surface area contributed by atoms with Gasteiger partial charge in [0.05, 0.1) is 0 Å². The molecule has 1 fully saturated rings. The molecule has 3 N–H and O–H groups in total. The van der Waals surface area contributed by atoms with E-state index >= 15 is 0 Å². The predicted octanol–water partition coefficient (Wildman–Crippen LogP) is 11.1. The van der Waals surface area contributed by atoms with Crippen LogP contribution in [0.3, 0.4) is 0 Å². The maximum atomic E-state index is 12.0. The number of nitrogens with one attached hydrogen (secondary N) is 3. The molecule has 0 aliphatic heterocycles. The summed E-state index contributed by atoms with van der Waals surface area (Å²) >= 11 is 0. The van der Waals surface area contributed by atoms with Gasteiger partial charge >= 0.3 is 0 Å². The Hall–Kier alpha value is -2.59. The zero-order valence-corrected chi connectivity index (χ0v) is 29.3. The normalized spacial score (nSPS) is 13.0. The molecule has 2 aromatic carbocycles. The Morgan fingerprint density at radius 3 is 2.02 bits per heavy atom. The Labute approximate surface area is 260 Å². The van der Waals surface area contributed by atoms with Crippen LogP contribution < -0.4 is 5.32 Å². The number of Topliss-reactive ketones (excluding diaryl/α,β-unsaturated/α-hetero) is 1. The van der Waals surface area contributed by atoms with Crippen molar-refractivity contribution in [2.24, 2.45) is 5.92 Å². The lowest BCUT2D eigenvalue weighted by atomic mass is 9.85. The van der Waals surface area contributed by atoms with Crippen LogP contribution in [0.2, 0.25) is 0 Å². The minimum atomic E-state index is 0.189. The van der Waals surface area contributed by atoms with Crippen LogP contribution in [0.1, 0.15) is 158 Å². The van der Waals surface area contributed by atoms with E-state index in [1.165, 1.54) is 53.3 Å². The van der Waals surface area contributed by atoms with Crippen molar-refractivity contribution in [3.8, 4) is 0 Å². The molecule has 1 aliphatic rings. The molecular formula is C38H65N3O. The third-order valence-electron chi connectivity index (χ3n) is 7.50. The quantitative estimate of drug-likeness (QED) is 0.183. The molecule has 0 spiro atoms. The van der Waals surface area contributed by atoms with Gasteiger partial charge in [-0.05, 0) is 107 Å². The highest BCUT2D eigenvalue weighted by Gasteiger charge is 2.19. The summed E-state index contributed by atoms with van der Waals surface area (Å²) in [5.41, 5.74) is 8.13. The number of ketones is 1. The number of aryl methyl sites for hydroxylation is 2. The number of hydrogen-bond acceptors (Lipinski definition) is 4. The smallest absolute Gasteiger partial charge is 0.160 e. The molecule has 3 rings (SSSR count). The van der Waals surface area contributed by atoms with Gasteiger partial charge in [0.1, 0.15) is 0 Å². The number of benzene rings is 2. The van der Waals surface area contributed by atoms with Crippen LogP contribution >= 0.6 is 0 Å². The Morgan fingerprint density at radius 2 is 1.60 bits per heavy atom. The third-order valence-corrected chi connectivity index (χ3v) is 7.50. The fourth-order valence-corrected chi connectivity index (χ4v) is 4.84. The van der Waals surface area contributed by atoms with Gasteiger partial charge in [0, 0.05) is 23.2 Å². The standard InChI is InChI=1S/C19H29NO.C13H19N.C2H5N.2C2H6/c1-5-16-10-17(11-19(14(4)21)18(16)6-2)13(3)20-12-15-8-7-9-15;1-4-6-13(14)11(3)12-8-5-7-10(2)9-12;1-2-3;2*1-2/h10-11,13,15,20H,5-9,12H2,1-4H3;5,7-9,11,14H,4,6H2,1-3H3;2-3H,1H3;2*1-2H3. The lowest BCUT2D eigenvalue weighted by Crippen LogP contribution is -2.29. The second-order valence-electron chi connectivity index (χ2n) is 10.6. The van der Waals surface area contributed by atoms with E-state index in [1.807, 2.05) is 27.7 Å². The van der Waals surface area contributed by atoms with E-state index in [0.717, 1.165) is 49.4 Å². The summed E-state index contributed by atoms with van der Waals surface area (Å²) in [4.78, 5) is 12.0. The number of carbonyl (C=O) groups excluding carboxylic acids is 1. The van der Waals surface area contributed by atoms with Crippen LogP contribution in [-0.4, -0.2) is 24.3 Å². The van der Waals surface area contributed by atoms with Crippen molar-refractivity contribution >= 4 is 17.7 Å². The maximum Gasteiger partial charge on any atom is 0.160 e. The molecular weight excluding hydrogens is 514 g/mol. The third kappa shape index (κ3) is 15.0. The summed E-state index contributed by atoms with van der Waals surface area (Å²) in [5.74, 6) is 1.32. The minimum absolute atomic E-state index is 0.189. The van der Waals surface area contributed by atoms with Gasteiger partial charge in [-0.15, -0.1) is 0 Å². The summed E-state index contributed by atoms with van der Waals surface area (Å²) in [7, 11) is 0. The van der Waals surface area contributed by atoms with Crippen molar-refractivity contribution in [1.82, 2.24) is 5.32 Å². The van der Waals surface area contributed by atoms with E-state index in [-0.39, 0.29) is 11.7 Å². The van der Waals surface area contributed by atoms with Crippen LogP contribution in [0, 0.1) is 23.7 Å². The number of hydrogen-bond donors (Lipinski definition) is 3. The van der Waals surface area contributed by atoms with E-state index in [9.17, 15) is 4.79 Å². The molecule has 0 amide bonds. The summed E-state index contributed by atoms with van der Waals surface area (Å²) in [6.07, 6.45) is 9.28. The van der Waals surface area contributed by atoms with Gasteiger partial charge in [-0.3, -0.25) is 4.79 Å². The molecule has 238 valence electrons. The fraction of sp³-hybridized carbons (Fsp3) is 0.605. The first-order valence-electron chi connectivity index (χ1n) is 16.6. The lowest BCUT2D eigenvalue weighted by Gasteiger charge is -2.28. The van der Waals surface area contributed by atoms with E-state index in [1.54, 1.807) is 13.8 Å². The Bertz CT molecular complexity index is 1020. The summed E-state index contributed by atoms with van der Waals surface area (Å²) in [5, 5.41) is 17.6. The van der Waals surface area contributed by atoms with Crippen molar-refractivity contribution in [3.05, 3.63) is 69.8 Å². The summed E-state index contributed by atoms with van der Waals surface area (Å²) in [6, 6.07) is 13.2. The van der Waals surface area contributed by atoms with Crippen molar-refractivity contribution < 1.29 is 4.79 Å². The molecule has 2 atom stereocenters. The molecule has 1 saturated carbocycles. The average molecular weight is 580 g/mol. The Balaban J connectivity index is 0. The first kappa shape index (κ1) is 41.5. The SMILES string of the molecule is CC.CC.CC=N.CCCC(=N)C(C)c1cccc(C)c1.CCc1cc(C(C)NCC2CCC2)cc(C(C)=O)c1CC. The molecule has 0 saturated heterocycles. The Kier molecular flexibility index (Phi) is 24.7. The van der Waals surface area contributed by atoms with E-state index in [0.29, 0.717) is 6.04 Å². The molecule has 1 aliphatic carbocycles. The zero-order valence-electron chi connectivity index (χ0n) is 29.3. The topological polar surface area (TPSA) is 76.8 Å². The molecule has 0 heterocycles. The van der Waals surface area contributed by atoms with Gasteiger partial charge in [0.25, 0.3) is 0 Å². The summed E-state index contributed by atoms with van der Waals surface area (Å²) < 4.78 is 0. The number of rotatable bonds is 11. The van der Waals surface area contributed by atoms with Gasteiger partial charge in [-0.1, -0.05) is 104 Å². The second kappa shape index (κ2) is 25.0. The van der Waals surface area contributed by atoms with Crippen LogP contribution in [0.4, 0.5) is 0 Å². The molecule has 2 unspecified atom stereocenters. The molecule has 2 aromatic rings. The predicted molar refractivity (Wildman–Crippen MR) is 188 cm³/mol. The van der Waals surface area contributed by atoms with Gasteiger partial charge in [0.15, 0.2) is 5.78 Å². The van der Waals surface area contributed by atoms with E-state index in [4.69, 9.17) is 10.8 Å². The molecule has 42 heavy (non-hydrogen) atoms. The molecule has 0 radical (unpaired) electrons. The molecule has 4 nitrogen and oxygen atoms in total. The zero-order chi connectivity index (χ0) is 32.7. The monoisotopic (exact) mass is 580 g/mol.